The number of Topliss-reactive ketones (excluding diaryl/α,β-unsaturated/α-hetero) is 1. The quantitative estimate of drug-likeness (QED) is 0.392. The van der Waals surface area contributed by atoms with E-state index < -0.39 is 31.7 Å². The highest BCUT2D eigenvalue weighted by molar-refractivity contribution is 7.63. The van der Waals surface area contributed by atoms with Crippen LogP contribution in [0.15, 0.2) is 66.5 Å². The zero-order valence-corrected chi connectivity index (χ0v) is 19.3. The van der Waals surface area contributed by atoms with Crippen LogP contribution in [0.3, 0.4) is 0 Å². The smallest absolute Gasteiger partial charge is 0.310 e. The monoisotopic (exact) mass is 468 g/mol. The Balaban J connectivity index is 1.68. The predicted molar refractivity (Wildman–Crippen MR) is 125 cm³/mol. The molecule has 1 spiro atoms. The second kappa shape index (κ2) is 9.20. The summed E-state index contributed by atoms with van der Waals surface area (Å²) in [4.78, 5) is 22.8. The van der Waals surface area contributed by atoms with Gasteiger partial charge < -0.3 is 9.63 Å². The van der Waals surface area contributed by atoms with Crippen LogP contribution >= 0.6 is 7.37 Å². The van der Waals surface area contributed by atoms with Crippen LogP contribution in [0.25, 0.3) is 5.57 Å². The summed E-state index contributed by atoms with van der Waals surface area (Å²) in [5, 5.41) is 8.83. The van der Waals surface area contributed by atoms with Gasteiger partial charge in [-0.3, -0.25) is 14.2 Å². The lowest BCUT2D eigenvalue weighted by molar-refractivity contribution is -0.139. The van der Waals surface area contributed by atoms with Crippen LogP contribution in [0.4, 0.5) is 4.39 Å². The summed E-state index contributed by atoms with van der Waals surface area (Å²) in [5.41, 5.74) is 4.00. The number of ketones is 1. The van der Waals surface area contributed by atoms with E-state index in [1.165, 1.54) is 30.6 Å². The van der Waals surface area contributed by atoms with E-state index in [9.17, 15) is 18.5 Å². The first-order chi connectivity index (χ1) is 15.8. The van der Waals surface area contributed by atoms with Crippen molar-refractivity contribution in [1.29, 1.82) is 0 Å². The minimum atomic E-state index is -3.44. The average Bonchev–Trinajstić information content (AvgIpc) is 3.34. The van der Waals surface area contributed by atoms with Crippen molar-refractivity contribution >= 4 is 24.7 Å². The van der Waals surface area contributed by atoms with Gasteiger partial charge in [-0.05, 0) is 59.0 Å². The lowest BCUT2D eigenvalue weighted by atomic mass is 9.74. The molecule has 0 bridgehead atoms. The fourth-order valence-electron chi connectivity index (χ4n) is 5.13. The van der Waals surface area contributed by atoms with Gasteiger partial charge in [0.25, 0.3) is 0 Å². The molecule has 0 amide bonds. The lowest BCUT2D eigenvalue weighted by Crippen LogP contribution is -2.25. The van der Waals surface area contributed by atoms with Crippen molar-refractivity contribution in [2.75, 3.05) is 13.3 Å². The molecule has 0 aliphatic heterocycles. The molecule has 1 N–H and O–H groups in total. The van der Waals surface area contributed by atoms with Crippen molar-refractivity contribution in [3.63, 3.8) is 0 Å². The van der Waals surface area contributed by atoms with Gasteiger partial charge in [0.2, 0.25) is 7.37 Å². The highest BCUT2D eigenvalue weighted by Crippen LogP contribution is 2.57. The molecule has 33 heavy (non-hydrogen) atoms. The van der Waals surface area contributed by atoms with E-state index in [1.807, 2.05) is 18.2 Å². The Labute approximate surface area is 192 Å². The fraction of sp³-hybridized carbons (Fsp3) is 0.308. The molecule has 0 radical (unpaired) electrons. The maximum Gasteiger partial charge on any atom is 0.310 e. The summed E-state index contributed by atoms with van der Waals surface area (Å²) < 4.78 is 31.8. The minimum absolute atomic E-state index is 0.0367. The van der Waals surface area contributed by atoms with Crippen LogP contribution in [-0.2, 0) is 24.1 Å². The number of carboxylic acids is 1. The first-order valence-electron chi connectivity index (χ1n) is 10.9. The number of carbonyl (C=O) groups is 2. The first-order valence-corrected chi connectivity index (χ1v) is 12.8. The Morgan fingerprint density at radius 1 is 1.21 bits per heavy atom. The summed E-state index contributed by atoms with van der Waals surface area (Å²) in [7, 11) is -2.16. The van der Waals surface area contributed by atoms with Gasteiger partial charge in [-0.15, -0.1) is 0 Å². The molecule has 3 unspecified atom stereocenters. The Morgan fingerprint density at radius 3 is 2.64 bits per heavy atom. The standard InChI is InChI=1S/C26H26FO5P/c1-32-33(31,17-21(28)15-25(29)30)14-12-19-5-4-13-26(19)16-23(18-8-10-20(27)11-9-18)22-6-2-3-7-24(22)26/h2-3,6-12,14,16,19H,4-5,13,15,17H2,1H3,(H,29,30). The highest BCUT2D eigenvalue weighted by Gasteiger charge is 2.46. The van der Waals surface area contributed by atoms with E-state index >= 15 is 0 Å². The average molecular weight is 468 g/mol. The second-order valence-electron chi connectivity index (χ2n) is 8.67. The topological polar surface area (TPSA) is 80.7 Å². The van der Waals surface area contributed by atoms with Gasteiger partial charge in [0.1, 0.15) is 12.2 Å². The number of benzene rings is 2. The van der Waals surface area contributed by atoms with Crippen molar-refractivity contribution < 1.29 is 28.2 Å². The van der Waals surface area contributed by atoms with Crippen LogP contribution in [-0.4, -0.2) is 30.1 Å². The predicted octanol–water partition coefficient (Wildman–Crippen LogP) is 5.79. The molecule has 0 saturated heterocycles. The van der Waals surface area contributed by atoms with Gasteiger partial charge in [-0.1, -0.05) is 55.0 Å². The minimum Gasteiger partial charge on any atom is -0.481 e. The lowest BCUT2D eigenvalue weighted by Gasteiger charge is -2.29. The Bertz CT molecular complexity index is 1180. The largest absolute Gasteiger partial charge is 0.481 e. The second-order valence-corrected chi connectivity index (χ2v) is 11.1. The fourth-order valence-corrected chi connectivity index (χ4v) is 6.56. The van der Waals surface area contributed by atoms with Crippen LogP contribution in [0, 0.1) is 11.7 Å². The zero-order valence-electron chi connectivity index (χ0n) is 18.4. The maximum atomic E-state index is 13.5. The van der Waals surface area contributed by atoms with Crippen molar-refractivity contribution in [2.45, 2.75) is 31.1 Å². The SMILES string of the molecule is COP(=O)(C=CC1CCCC12C=C(c1ccc(F)cc1)c1ccccc12)CC(=O)CC(=O)O. The normalized spacial score (nSPS) is 23.5. The molecule has 1 fully saturated rings. The summed E-state index contributed by atoms with van der Waals surface area (Å²) in [5.74, 6) is -0.633. The number of aliphatic carboxylic acids is 1. The summed E-state index contributed by atoms with van der Waals surface area (Å²) in [6, 6.07) is 14.7. The molecule has 0 aromatic heterocycles. The van der Waals surface area contributed by atoms with Crippen LogP contribution in [0.5, 0.6) is 0 Å². The molecule has 7 heteroatoms. The molecule has 2 aliphatic carbocycles. The Kier molecular flexibility index (Phi) is 6.51. The number of allylic oxidation sites excluding steroid dienone is 2. The maximum absolute atomic E-state index is 13.5. The third-order valence-electron chi connectivity index (χ3n) is 6.64. The molecule has 5 nitrogen and oxygen atoms in total. The Morgan fingerprint density at radius 2 is 1.94 bits per heavy atom. The summed E-state index contributed by atoms with van der Waals surface area (Å²) >= 11 is 0. The van der Waals surface area contributed by atoms with Gasteiger partial charge in [-0.25, -0.2) is 4.39 Å². The number of halogens is 1. The molecule has 4 rings (SSSR count). The van der Waals surface area contributed by atoms with Gasteiger partial charge in [-0.2, -0.15) is 0 Å². The third-order valence-corrected chi connectivity index (χ3v) is 8.68. The molecule has 2 aromatic rings. The number of rotatable bonds is 8. The van der Waals surface area contributed by atoms with Crippen LogP contribution < -0.4 is 0 Å². The molecule has 2 aliphatic rings. The number of carbonyl (C=O) groups excluding carboxylic acids is 1. The van der Waals surface area contributed by atoms with Crippen molar-refractivity contribution in [2.24, 2.45) is 5.92 Å². The van der Waals surface area contributed by atoms with Crippen molar-refractivity contribution in [1.82, 2.24) is 0 Å². The summed E-state index contributed by atoms with van der Waals surface area (Å²) in [6.45, 7) is 0. The van der Waals surface area contributed by atoms with Gasteiger partial charge in [0.05, 0.1) is 6.16 Å². The van der Waals surface area contributed by atoms with E-state index in [0.717, 1.165) is 36.0 Å². The highest BCUT2D eigenvalue weighted by atomic mass is 31.2. The van der Waals surface area contributed by atoms with Gasteiger partial charge in [0.15, 0.2) is 5.78 Å². The molecule has 0 heterocycles. The molecule has 172 valence electrons. The van der Waals surface area contributed by atoms with Crippen LogP contribution in [0.2, 0.25) is 0 Å². The van der Waals surface area contributed by atoms with E-state index in [0.29, 0.717) is 0 Å². The van der Waals surface area contributed by atoms with Crippen molar-refractivity contribution in [3.05, 3.63) is 89.0 Å². The van der Waals surface area contributed by atoms with Crippen molar-refractivity contribution in [3.8, 4) is 0 Å². The molecular formula is C26H26FO5P. The number of fused-ring (bicyclic) bond motifs is 2. The zero-order chi connectivity index (χ0) is 23.6. The summed E-state index contributed by atoms with van der Waals surface area (Å²) in [6.07, 6.45) is 5.80. The van der Waals surface area contributed by atoms with E-state index in [1.54, 1.807) is 12.1 Å². The molecule has 2 aromatic carbocycles. The Hall–Kier alpha value is -2.82. The van der Waals surface area contributed by atoms with E-state index in [2.05, 4.69) is 18.2 Å². The van der Waals surface area contributed by atoms with E-state index in [-0.39, 0.29) is 17.2 Å². The van der Waals surface area contributed by atoms with E-state index in [4.69, 9.17) is 9.63 Å². The molecule has 3 atom stereocenters. The van der Waals surface area contributed by atoms with Crippen LogP contribution in [0.1, 0.15) is 42.4 Å². The number of carboxylic acid groups (broad SMARTS) is 1. The molecule has 1 saturated carbocycles. The van der Waals surface area contributed by atoms with Gasteiger partial charge >= 0.3 is 5.97 Å². The van der Waals surface area contributed by atoms with Gasteiger partial charge in [0, 0.05) is 12.5 Å². The number of hydrogen-bond acceptors (Lipinski definition) is 4. The molecular weight excluding hydrogens is 442 g/mol. The first kappa shape index (κ1) is 23.3. The third kappa shape index (κ3) is 4.64. The number of hydrogen-bond donors (Lipinski definition) is 1.